The number of hydrogen-bond donors (Lipinski definition) is 3. The molecule has 5 rings (SSSR count). The van der Waals surface area contributed by atoms with E-state index < -0.39 is 16.4 Å². The van der Waals surface area contributed by atoms with E-state index >= 15 is 0 Å². The number of aliphatic hydroxyl groups is 1. The van der Waals surface area contributed by atoms with Crippen molar-refractivity contribution in [3.63, 3.8) is 0 Å². The summed E-state index contributed by atoms with van der Waals surface area (Å²) in [7, 11) is -4.05. The zero-order valence-electron chi connectivity index (χ0n) is 16.6. The number of hydrogen-bond acceptors (Lipinski definition) is 9. The number of nitrogens with zero attached hydrogens (tertiary/aromatic N) is 5. The van der Waals surface area contributed by atoms with Crippen LogP contribution in [0.2, 0.25) is 0 Å². The minimum Gasteiger partial charge on any atom is -0.393 e. The van der Waals surface area contributed by atoms with Gasteiger partial charge in [-0.3, -0.25) is 4.18 Å². The van der Waals surface area contributed by atoms with Crippen molar-refractivity contribution >= 4 is 27.3 Å². The molecule has 2 aliphatic carbocycles. The van der Waals surface area contributed by atoms with E-state index in [9.17, 15) is 13.5 Å². The van der Waals surface area contributed by atoms with Crippen molar-refractivity contribution in [3.8, 4) is 0 Å². The molecule has 0 amide bonds. The van der Waals surface area contributed by atoms with Crippen molar-refractivity contribution in [2.75, 3.05) is 11.9 Å². The van der Waals surface area contributed by atoms with Gasteiger partial charge in [0.1, 0.15) is 6.33 Å². The summed E-state index contributed by atoms with van der Waals surface area (Å²) in [4.78, 5) is 8.74. The molecule has 2 heterocycles. The number of aryl methyl sites for hydroxylation is 1. The van der Waals surface area contributed by atoms with Crippen molar-refractivity contribution in [3.05, 3.63) is 41.7 Å². The van der Waals surface area contributed by atoms with Crippen LogP contribution >= 0.6 is 0 Å². The molecule has 164 valence electrons. The van der Waals surface area contributed by atoms with Crippen LogP contribution in [0.15, 0.2) is 30.6 Å². The monoisotopic (exact) mass is 445 g/mol. The summed E-state index contributed by atoms with van der Waals surface area (Å²) in [6, 6.07) is 8.30. The van der Waals surface area contributed by atoms with Gasteiger partial charge in [0.2, 0.25) is 0 Å². The van der Waals surface area contributed by atoms with Crippen molar-refractivity contribution in [1.29, 1.82) is 0 Å². The van der Waals surface area contributed by atoms with Gasteiger partial charge >= 0.3 is 10.3 Å². The average molecular weight is 446 g/mol. The first kappa shape index (κ1) is 20.2. The molecule has 1 aromatic carbocycles. The van der Waals surface area contributed by atoms with Gasteiger partial charge in [0.05, 0.1) is 24.8 Å². The SMILES string of the molecule is NS(=O)(=O)OCC1CC(n2nnc3c(N[C@H]4CCc5ccccc54)ncnc32)CC1O. The zero-order chi connectivity index (χ0) is 21.6. The maximum atomic E-state index is 11.1. The molecule has 0 spiro atoms. The van der Waals surface area contributed by atoms with Crippen LogP contribution in [0, 0.1) is 5.92 Å². The molecule has 4 atom stereocenters. The third-order valence-electron chi connectivity index (χ3n) is 6.13. The summed E-state index contributed by atoms with van der Waals surface area (Å²) >= 11 is 0. The largest absolute Gasteiger partial charge is 0.393 e. The Morgan fingerprint density at radius 2 is 2.10 bits per heavy atom. The van der Waals surface area contributed by atoms with Gasteiger partial charge in [0, 0.05) is 5.92 Å². The summed E-state index contributed by atoms with van der Waals surface area (Å²) in [5.74, 6) is 0.239. The zero-order valence-corrected chi connectivity index (χ0v) is 17.4. The Morgan fingerprint density at radius 1 is 1.26 bits per heavy atom. The number of aromatic nitrogens is 5. The number of fused-ring (bicyclic) bond motifs is 2. The quantitative estimate of drug-likeness (QED) is 0.500. The average Bonchev–Trinajstić information content (AvgIpc) is 3.43. The predicted molar refractivity (Wildman–Crippen MR) is 111 cm³/mol. The van der Waals surface area contributed by atoms with E-state index in [1.165, 1.54) is 17.5 Å². The first-order valence-electron chi connectivity index (χ1n) is 10.1. The van der Waals surface area contributed by atoms with Crippen molar-refractivity contribution in [2.24, 2.45) is 11.1 Å². The van der Waals surface area contributed by atoms with E-state index in [1.54, 1.807) is 4.68 Å². The minimum absolute atomic E-state index is 0.146. The fourth-order valence-corrected chi connectivity index (χ4v) is 4.99. The highest BCUT2D eigenvalue weighted by Crippen LogP contribution is 2.37. The second kappa shape index (κ2) is 7.79. The highest BCUT2D eigenvalue weighted by atomic mass is 32.2. The first-order valence-corrected chi connectivity index (χ1v) is 11.6. The molecule has 0 aliphatic heterocycles. The van der Waals surface area contributed by atoms with Crippen molar-refractivity contribution in [1.82, 2.24) is 25.0 Å². The van der Waals surface area contributed by atoms with Gasteiger partial charge in [-0.05, 0) is 36.8 Å². The van der Waals surface area contributed by atoms with Crippen LogP contribution in [0.4, 0.5) is 5.82 Å². The third kappa shape index (κ3) is 3.99. The van der Waals surface area contributed by atoms with Crippen molar-refractivity contribution in [2.45, 2.75) is 43.9 Å². The van der Waals surface area contributed by atoms with Gasteiger partial charge in [0.25, 0.3) is 0 Å². The molecule has 1 fully saturated rings. The molecular formula is C19H23N7O4S. The molecule has 2 aliphatic rings. The molecule has 31 heavy (non-hydrogen) atoms. The lowest BCUT2D eigenvalue weighted by molar-refractivity contribution is 0.100. The molecule has 0 saturated heterocycles. The second-order valence-corrected chi connectivity index (χ2v) is 9.31. The van der Waals surface area contributed by atoms with Crippen LogP contribution in [-0.2, 0) is 20.9 Å². The number of rotatable bonds is 6. The molecule has 3 aromatic rings. The molecule has 11 nitrogen and oxygen atoms in total. The maximum absolute atomic E-state index is 11.1. The molecule has 0 bridgehead atoms. The minimum atomic E-state index is -4.05. The van der Waals surface area contributed by atoms with Gasteiger partial charge < -0.3 is 10.4 Å². The number of nitrogens with two attached hydrogens (primary N) is 1. The maximum Gasteiger partial charge on any atom is 0.333 e. The van der Waals surface area contributed by atoms with E-state index in [0.29, 0.717) is 29.8 Å². The lowest BCUT2D eigenvalue weighted by Gasteiger charge is -2.15. The van der Waals surface area contributed by atoms with Gasteiger partial charge in [-0.25, -0.2) is 19.8 Å². The summed E-state index contributed by atoms with van der Waals surface area (Å²) in [6.07, 6.45) is 3.58. The predicted octanol–water partition coefficient (Wildman–Crippen LogP) is 0.853. The van der Waals surface area contributed by atoms with E-state index in [0.717, 1.165) is 12.8 Å². The normalized spacial score (nSPS) is 25.7. The molecule has 3 unspecified atom stereocenters. The lowest BCUT2D eigenvalue weighted by Crippen LogP contribution is -2.24. The van der Waals surface area contributed by atoms with Gasteiger partial charge in [-0.15, -0.1) is 5.10 Å². The molecule has 0 radical (unpaired) electrons. The molecule has 1 saturated carbocycles. The van der Waals surface area contributed by atoms with E-state index in [4.69, 9.17) is 5.14 Å². The Balaban J connectivity index is 1.37. The Bertz CT molecular complexity index is 1210. The lowest BCUT2D eigenvalue weighted by atomic mass is 10.1. The van der Waals surface area contributed by atoms with Gasteiger partial charge in [-0.1, -0.05) is 29.5 Å². The Morgan fingerprint density at radius 3 is 2.94 bits per heavy atom. The van der Waals surface area contributed by atoms with Crippen LogP contribution in [0.1, 0.15) is 42.5 Å². The summed E-state index contributed by atoms with van der Waals surface area (Å²) < 4.78 is 28.5. The summed E-state index contributed by atoms with van der Waals surface area (Å²) in [5, 5.41) is 27.3. The first-order chi connectivity index (χ1) is 14.9. The van der Waals surface area contributed by atoms with E-state index in [2.05, 4.69) is 41.9 Å². The highest BCUT2D eigenvalue weighted by Gasteiger charge is 2.36. The fraction of sp³-hybridized carbons (Fsp3) is 0.474. The summed E-state index contributed by atoms with van der Waals surface area (Å²) in [5.41, 5.74) is 3.72. The number of benzene rings is 1. The number of nitrogens with one attached hydrogen (secondary N) is 1. The molecular weight excluding hydrogens is 422 g/mol. The van der Waals surface area contributed by atoms with Crippen LogP contribution in [0.25, 0.3) is 11.2 Å². The van der Waals surface area contributed by atoms with Gasteiger partial charge in [0.15, 0.2) is 17.0 Å². The summed E-state index contributed by atoms with van der Waals surface area (Å²) in [6.45, 7) is -0.175. The highest BCUT2D eigenvalue weighted by molar-refractivity contribution is 7.84. The van der Waals surface area contributed by atoms with Crippen LogP contribution in [-0.4, -0.2) is 51.2 Å². The smallest absolute Gasteiger partial charge is 0.333 e. The van der Waals surface area contributed by atoms with Crippen LogP contribution in [0.3, 0.4) is 0 Å². The number of aliphatic hydroxyl groups excluding tert-OH is 1. The Labute approximate surface area is 178 Å². The molecule has 2 aromatic heterocycles. The van der Waals surface area contributed by atoms with Gasteiger partial charge in [-0.2, -0.15) is 8.42 Å². The molecule has 4 N–H and O–H groups in total. The fourth-order valence-electron chi connectivity index (χ4n) is 4.62. The van der Waals surface area contributed by atoms with Crippen LogP contribution in [0.5, 0.6) is 0 Å². The van der Waals surface area contributed by atoms with Crippen LogP contribution < -0.4 is 10.5 Å². The second-order valence-electron chi connectivity index (χ2n) is 8.09. The third-order valence-corrected chi connectivity index (χ3v) is 6.59. The van der Waals surface area contributed by atoms with E-state index in [-0.39, 0.29) is 24.6 Å². The Kier molecular flexibility index (Phi) is 5.08. The standard InChI is InChI=1S/C19H23N7O4S/c20-31(28,29)30-9-12-7-13(8-16(12)27)26-19-17(24-25-26)18(21-10-22-19)23-15-6-5-11-3-1-2-4-14(11)15/h1-4,10,12-13,15-16,27H,5-9H2,(H2,20,28,29)(H,21,22,23)/t12?,13?,15-,16?/m0/s1. The number of anilines is 1. The van der Waals surface area contributed by atoms with E-state index in [1.807, 2.05) is 12.1 Å². The topological polar surface area (TPSA) is 158 Å². The Hall–Kier alpha value is -2.67. The van der Waals surface area contributed by atoms with Crippen molar-refractivity contribution < 1.29 is 17.7 Å². The molecule has 12 heteroatoms.